The fourth-order valence-corrected chi connectivity index (χ4v) is 3.25. The second-order valence-corrected chi connectivity index (χ2v) is 7.56. The number of carbonyl (C=O) groups excluding carboxylic acids is 1. The SMILES string of the molecule is CCCn1c(CN(CCC(C)C)C(=O)c2cc(F)ccc2F)nc2cccnc21. The van der Waals surface area contributed by atoms with Gasteiger partial charge in [-0.3, -0.25) is 4.79 Å². The first-order valence-corrected chi connectivity index (χ1v) is 9.95. The number of amides is 1. The van der Waals surface area contributed by atoms with Crippen LogP contribution in [0.3, 0.4) is 0 Å². The van der Waals surface area contributed by atoms with E-state index in [4.69, 9.17) is 0 Å². The number of hydrogen-bond donors (Lipinski definition) is 0. The first-order chi connectivity index (χ1) is 13.9. The molecule has 0 fully saturated rings. The van der Waals surface area contributed by atoms with Crippen molar-refractivity contribution < 1.29 is 13.6 Å². The zero-order chi connectivity index (χ0) is 21.0. The zero-order valence-corrected chi connectivity index (χ0v) is 17.0. The minimum Gasteiger partial charge on any atom is -0.331 e. The van der Waals surface area contributed by atoms with E-state index in [9.17, 15) is 13.6 Å². The third-order valence-corrected chi connectivity index (χ3v) is 4.78. The second-order valence-electron chi connectivity index (χ2n) is 7.56. The molecule has 0 saturated carbocycles. The van der Waals surface area contributed by atoms with Crippen molar-refractivity contribution in [1.82, 2.24) is 19.4 Å². The van der Waals surface area contributed by atoms with E-state index in [1.807, 2.05) is 16.7 Å². The van der Waals surface area contributed by atoms with Crippen molar-refractivity contribution in [3.8, 4) is 0 Å². The van der Waals surface area contributed by atoms with Crippen LogP contribution in [0.1, 0.15) is 49.8 Å². The number of fused-ring (bicyclic) bond motifs is 1. The number of benzene rings is 1. The van der Waals surface area contributed by atoms with Crippen LogP contribution in [0.15, 0.2) is 36.5 Å². The Kier molecular flexibility index (Phi) is 6.56. The Balaban J connectivity index is 1.97. The zero-order valence-electron chi connectivity index (χ0n) is 17.0. The molecule has 0 atom stereocenters. The normalized spacial score (nSPS) is 11.4. The van der Waals surface area contributed by atoms with Gasteiger partial charge in [0.15, 0.2) is 5.65 Å². The summed E-state index contributed by atoms with van der Waals surface area (Å²) in [6.45, 7) is 7.52. The van der Waals surface area contributed by atoms with Gasteiger partial charge in [-0.1, -0.05) is 20.8 Å². The molecule has 0 unspecified atom stereocenters. The lowest BCUT2D eigenvalue weighted by Crippen LogP contribution is -2.34. The molecular weight excluding hydrogens is 374 g/mol. The van der Waals surface area contributed by atoms with Gasteiger partial charge in [0.05, 0.1) is 12.1 Å². The summed E-state index contributed by atoms with van der Waals surface area (Å²) in [5, 5.41) is 0. The van der Waals surface area contributed by atoms with Crippen LogP contribution in [0.5, 0.6) is 0 Å². The van der Waals surface area contributed by atoms with Gasteiger partial charge < -0.3 is 9.47 Å². The lowest BCUT2D eigenvalue weighted by atomic mass is 10.1. The number of halogens is 2. The molecule has 0 spiro atoms. The quantitative estimate of drug-likeness (QED) is 0.545. The van der Waals surface area contributed by atoms with Crippen molar-refractivity contribution in [3.63, 3.8) is 0 Å². The third-order valence-electron chi connectivity index (χ3n) is 4.78. The van der Waals surface area contributed by atoms with Crippen LogP contribution in [0, 0.1) is 17.6 Å². The number of aryl methyl sites for hydroxylation is 1. The van der Waals surface area contributed by atoms with E-state index in [0.717, 1.165) is 42.2 Å². The molecule has 0 saturated heterocycles. The van der Waals surface area contributed by atoms with Gasteiger partial charge in [-0.2, -0.15) is 0 Å². The molecule has 0 N–H and O–H groups in total. The van der Waals surface area contributed by atoms with E-state index in [-0.39, 0.29) is 12.1 Å². The Labute approximate surface area is 169 Å². The monoisotopic (exact) mass is 400 g/mol. The van der Waals surface area contributed by atoms with Crippen molar-refractivity contribution in [2.45, 2.75) is 46.7 Å². The summed E-state index contributed by atoms with van der Waals surface area (Å²) < 4.78 is 29.9. The number of nitrogens with zero attached hydrogens (tertiary/aromatic N) is 4. The first-order valence-electron chi connectivity index (χ1n) is 9.95. The van der Waals surface area contributed by atoms with E-state index in [2.05, 4.69) is 30.7 Å². The summed E-state index contributed by atoms with van der Waals surface area (Å²) in [5.41, 5.74) is 1.26. The lowest BCUT2D eigenvalue weighted by Gasteiger charge is -2.24. The number of rotatable bonds is 8. The standard InChI is InChI=1S/C22H26F2N4O/c1-4-11-28-20(26-19-6-5-10-25-21(19)28)14-27(12-9-15(2)3)22(29)17-13-16(23)7-8-18(17)24/h5-8,10,13,15H,4,9,11-12,14H2,1-3H3. The molecule has 0 aliphatic rings. The second kappa shape index (κ2) is 9.11. The molecule has 5 nitrogen and oxygen atoms in total. The number of hydrogen-bond acceptors (Lipinski definition) is 3. The van der Waals surface area contributed by atoms with Crippen molar-refractivity contribution >= 4 is 17.1 Å². The van der Waals surface area contributed by atoms with Gasteiger partial charge in [-0.25, -0.2) is 18.7 Å². The molecule has 0 aliphatic heterocycles. The number of aromatic nitrogens is 3. The average Bonchev–Trinajstić information content (AvgIpc) is 3.04. The van der Waals surface area contributed by atoms with Crippen molar-refractivity contribution in [2.24, 2.45) is 5.92 Å². The molecule has 3 aromatic rings. The van der Waals surface area contributed by atoms with Crippen LogP contribution in [0.4, 0.5) is 8.78 Å². The van der Waals surface area contributed by atoms with Gasteiger partial charge >= 0.3 is 0 Å². The van der Waals surface area contributed by atoms with Crippen LogP contribution in [-0.2, 0) is 13.1 Å². The highest BCUT2D eigenvalue weighted by atomic mass is 19.1. The predicted octanol–water partition coefficient (Wildman–Crippen LogP) is 4.81. The summed E-state index contributed by atoms with van der Waals surface area (Å²) in [5.74, 6) is -0.852. The molecule has 0 bridgehead atoms. The molecule has 2 heterocycles. The highest BCUT2D eigenvalue weighted by molar-refractivity contribution is 5.94. The molecule has 2 aromatic heterocycles. The molecular formula is C22H26F2N4O. The van der Waals surface area contributed by atoms with E-state index in [1.54, 1.807) is 11.1 Å². The number of imidazole rings is 1. The van der Waals surface area contributed by atoms with Gasteiger partial charge in [0.25, 0.3) is 5.91 Å². The van der Waals surface area contributed by atoms with E-state index >= 15 is 0 Å². The van der Waals surface area contributed by atoms with Crippen molar-refractivity contribution in [3.05, 3.63) is 59.6 Å². The van der Waals surface area contributed by atoms with E-state index in [0.29, 0.717) is 24.8 Å². The minimum absolute atomic E-state index is 0.206. The molecule has 29 heavy (non-hydrogen) atoms. The fourth-order valence-electron chi connectivity index (χ4n) is 3.25. The highest BCUT2D eigenvalue weighted by Gasteiger charge is 2.23. The van der Waals surface area contributed by atoms with Crippen molar-refractivity contribution in [2.75, 3.05) is 6.54 Å². The third kappa shape index (κ3) is 4.78. The van der Waals surface area contributed by atoms with Crippen LogP contribution >= 0.6 is 0 Å². The summed E-state index contributed by atoms with van der Waals surface area (Å²) in [6, 6.07) is 6.65. The molecule has 154 valence electrons. The van der Waals surface area contributed by atoms with Crippen LogP contribution < -0.4 is 0 Å². The Morgan fingerprint density at radius 3 is 2.76 bits per heavy atom. The van der Waals surface area contributed by atoms with Gasteiger partial charge in [0.2, 0.25) is 0 Å². The Morgan fingerprint density at radius 1 is 1.24 bits per heavy atom. The number of carbonyl (C=O) groups is 1. The van der Waals surface area contributed by atoms with Crippen molar-refractivity contribution in [1.29, 1.82) is 0 Å². The summed E-state index contributed by atoms with van der Waals surface area (Å²) in [7, 11) is 0. The van der Waals surface area contributed by atoms with Crippen LogP contribution in [0.25, 0.3) is 11.2 Å². The van der Waals surface area contributed by atoms with Gasteiger partial charge in [0, 0.05) is 19.3 Å². The maximum Gasteiger partial charge on any atom is 0.257 e. The average molecular weight is 400 g/mol. The smallest absolute Gasteiger partial charge is 0.257 e. The predicted molar refractivity (Wildman–Crippen MR) is 108 cm³/mol. The largest absolute Gasteiger partial charge is 0.331 e. The Bertz CT molecular complexity index is 1000. The summed E-state index contributed by atoms with van der Waals surface area (Å²) in [4.78, 5) is 23.7. The van der Waals surface area contributed by atoms with Crippen LogP contribution in [0.2, 0.25) is 0 Å². The molecule has 7 heteroatoms. The molecule has 3 rings (SSSR count). The Hall–Kier alpha value is -2.83. The van der Waals surface area contributed by atoms with E-state index in [1.165, 1.54) is 0 Å². The van der Waals surface area contributed by atoms with Gasteiger partial charge in [-0.05, 0) is 49.1 Å². The summed E-state index contributed by atoms with van der Waals surface area (Å²) >= 11 is 0. The molecule has 0 aliphatic carbocycles. The first kappa shape index (κ1) is 20.9. The van der Waals surface area contributed by atoms with Crippen LogP contribution in [-0.4, -0.2) is 31.9 Å². The highest BCUT2D eigenvalue weighted by Crippen LogP contribution is 2.19. The number of pyridine rings is 1. The molecule has 0 radical (unpaired) electrons. The Morgan fingerprint density at radius 2 is 2.03 bits per heavy atom. The maximum atomic E-state index is 14.2. The van der Waals surface area contributed by atoms with Gasteiger partial charge in [0.1, 0.15) is 23.0 Å². The lowest BCUT2D eigenvalue weighted by molar-refractivity contribution is 0.0724. The van der Waals surface area contributed by atoms with Gasteiger partial charge in [-0.15, -0.1) is 0 Å². The molecule has 1 amide bonds. The fraction of sp³-hybridized carbons (Fsp3) is 0.409. The maximum absolute atomic E-state index is 14.2. The summed E-state index contributed by atoms with van der Waals surface area (Å²) in [6.07, 6.45) is 3.34. The topological polar surface area (TPSA) is 51.0 Å². The minimum atomic E-state index is -0.727. The van der Waals surface area contributed by atoms with E-state index < -0.39 is 17.5 Å². The molecule has 1 aromatic carbocycles.